The Hall–Kier alpha value is -0.626. The van der Waals surface area contributed by atoms with Crippen molar-refractivity contribution in [2.24, 2.45) is 0 Å². The van der Waals surface area contributed by atoms with Crippen LogP contribution in [-0.4, -0.2) is 0 Å². The number of hydrogen-bond donors (Lipinski definition) is 0. The number of benzene rings is 2. The first-order valence-corrected chi connectivity index (χ1v) is 8.88. The summed E-state index contributed by atoms with van der Waals surface area (Å²) in [7, 11) is 0. The van der Waals surface area contributed by atoms with Crippen LogP contribution in [0.15, 0.2) is 54.6 Å². The molecule has 3 aromatic rings. The Morgan fingerprint density at radius 1 is 0.714 bits per heavy atom. The van der Waals surface area contributed by atoms with Gasteiger partial charge in [-0.1, -0.05) is 72.0 Å². The summed E-state index contributed by atoms with van der Waals surface area (Å²) in [5.74, 6) is 0.308. The predicted octanol–water partition coefficient (Wildman–Crippen LogP) is -2.61. The average molecular weight is 470 g/mol. The summed E-state index contributed by atoms with van der Waals surface area (Å²) in [4.78, 5) is 0. The van der Waals surface area contributed by atoms with Crippen molar-refractivity contribution in [3.63, 3.8) is 0 Å². The second kappa shape index (κ2) is 12.8. The number of rotatable bonds is 4. The van der Waals surface area contributed by atoms with Crippen molar-refractivity contribution in [1.29, 1.82) is 0 Å². The quantitative estimate of drug-likeness (QED) is 0.290. The zero-order valence-electron chi connectivity index (χ0n) is 17.1. The minimum Gasteiger partial charge on any atom is -1.00 e. The Labute approximate surface area is 204 Å². The van der Waals surface area contributed by atoms with E-state index in [1.807, 2.05) is 0 Å². The molecule has 0 fully saturated rings. The molecule has 0 atom stereocenters. The maximum Gasteiger partial charge on any atom is 4.00 e. The van der Waals surface area contributed by atoms with Gasteiger partial charge in [0.25, 0.3) is 0 Å². The molecule has 4 heteroatoms. The van der Waals surface area contributed by atoms with Crippen LogP contribution in [0.25, 0.3) is 0 Å². The molecule has 3 rings (SSSR count). The van der Waals surface area contributed by atoms with Crippen molar-refractivity contribution in [2.45, 2.75) is 47.0 Å². The minimum absolute atomic E-state index is 0. The number of hydrogen-bond acceptors (Lipinski definition) is 0. The Kier molecular flexibility index (Phi) is 13.6. The van der Waals surface area contributed by atoms with Crippen molar-refractivity contribution >= 4 is 0 Å². The molecule has 3 aromatic carbocycles. The van der Waals surface area contributed by atoms with Gasteiger partial charge >= 0.3 is 21.7 Å². The molecule has 0 radical (unpaired) electrons. The second-order valence-electron chi connectivity index (χ2n) is 7.18. The molecule has 28 heavy (non-hydrogen) atoms. The normalized spacial score (nSPS) is 9.64. The second-order valence-corrected chi connectivity index (χ2v) is 7.18. The molecule has 0 bridgehead atoms. The monoisotopic (exact) mass is 468 g/mol. The summed E-state index contributed by atoms with van der Waals surface area (Å²) in [5.41, 5.74) is 11.0. The van der Waals surface area contributed by atoms with Crippen LogP contribution in [0.1, 0.15) is 57.3 Å². The van der Waals surface area contributed by atoms with Gasteiger partial charge in [-0.3, -0.25) is 0 Å². The van der Waals surface area contributed by atoms with Crippen molar-refractivity contribution in [1.82, 2.24) is 0 Å². The zero-order valence-corrected chi connectivity index (χ0v) is 20.9. The van der Waals surface area contributed by atoms with Gasteiger partial charge in [-0.15, -0.1) is 5.56 Å². The van der Waals surface area contributed by atoms with Gasteiger partial charge in [0.2, 0.25) is 0 Å². The zero-order chi connectivity index (χ0) is 17.3. The summed E-state index contributed by atoms with van der Waals surface area (Å²) in [6.07, 6.45) is 1.09. The maximum absolute atomic E-state index is 2.38. The molecule has 0 amide bonds. The van der Waals surface area contributed by atoms with E-state index >= 15 is 0 Å². The molecule has 0 aromatic heterocycles. The molecule has 0 saturated heterocycles. The average Bonchev–Trinajstić information content (AvgIpc) is 2.94. The summed E-state index contributed by atoms with van der Waals surface area (Å²) >= 11 is 0. The van der Waals surface area contributed by atoms with E-state index in [1.54, 1.807) is 0 Å². The summed E-state index contributed by atoms with van der Waals surface area (Å²) in [6, 6.07) is 20.8. The molecule has 0 heterocycles. The molecule has 0 saturated carbocycles. The fourth-order valence-electron chi connectivity index (χ4n) is 3.84. The van der Waals surface area contributed by atoms with Gasteiger partial charge in [0.05, 0.1) is 0 Å². The molecule has 0 nitrogen and oxygen atoms in total. The van der Waals surface area contributed by atoms with Gasteiger partial charge in [-0.25, -0.2) is 6.07 Å². The first-order valence-electron chi connectivity index (χ1n) is 8.88. The third-order valence-electron chi connectivity index (χ3n) is 4.74. The first kappa shape index (κ1) is 29.6. The smallest absolute Gasteiger partial charge is 1.00 e. The fourth-order valence-corrected chi connectivity index (χ4v) is 3.84. The van der Waals surface area contributed by atoms with Gasteiger partial charge in [0.15, 0.2) is 0 Å². The number of halogens is 3. The number of aryl methyl sites for hydroxylation is 5. The van der Waals surface area contributed by atoms with Crippen molar-refractivity contribution in [3.05, 3.63) is 99.1 Å². The molecule has 0 aliphatic heterocycles. The van der Waals surface area contributed by atoms with E-state index in [4.69, 9.17) is 0 Å². The standard InChI is InChI=1S/C24H27.3ClH.Ti/c1-6-20-7-8-21(15-20)24(22-11-16(2)9-17(3)12-22)23-13-18(4)10-19(5)14-23;;;;/h7-15,24H,6H2,1-5H3;3*1H;/q-1;;;;+4/p-3. The fraction of sp³-hybridized carbons (Fsp3) is 0.292. The molecular weight excluding hydrogens is 442 g/mol. The van der Waals surface area contributed by atoms with E-state index in [-0.39, 0.29) is 58.9 Å². The molecule has 0 spiro atoms. The largest absolute Gasteiger partial charge is 4.00 e. The molecule has 0 N–H and O–H groups in total. The van der Waals surface area contributed by atoms with Crippen LogP contribution >= 0.6 is 0 Å². The molecule has 148 valence electrons. The van der Waals surface area contributed by atoms with Gasteiger partial charge in [-0.2, -0.15) is 17.7 Å². The van der Waals surface area contributed by atoms with Gasteiger partial charge < -0.3 is 37.2 Å². The van der Waals surface area contributed by atoms with Crippen molar-refractivity contribution < 1.29 is 58.9 Å². The van der Waals surface area contributed by atoms with Crippen LogP contribution < -0.4 is 37.2 Å². The van der Waals surface area contributed by atoms with Gasteiger partial charge in [0, 0.05) is 0 Å². The van der Waals surface area contributed by atoms with Gasteiger partial charge in [0.1, 0.15) is 0 Å². The Morgan fingerprint density at radius 3 is 1.43 bits per heavy atom. The van der Waals surface area contributed by atoms with Crippen molar-refractivity contribution in [3.8, 4) is 0 Å². The van der Waals surface area contributed by atoms with Crippen LogP contribution in [0.2, 0.25) is 0 Å². The third-order valence-corrected chi connectivity index (χ3v) is 4.74. The van der Waals surface area contributed by atoms with Crippen LogP contribution in [0.5, 0.6) is 0 Å². The third kappa shape index (κ3) is 7.01. The minimum atomic E-state index is 0. The van der Waals surface area contributed by atoms with Crippen LogP contribution in [0.4, 0.5) is 0 Å². The predicted molar refractivity (Wildman–Crippen MR) is 104 cm³/mol. The molecule has 0 aliphatic carbocycles. The van der Waals surface area contributed by atoms with E-state index in [2.05, 4.69) is 89.2 Å². The van der Waals surface area contributed by atoms with E-state index in [0.29, 0.717) is 5.92 Å². The van der Waals surface area contributed by atoms with Crippen LogP contribution in [0.3, 0.4) is 0 Å². The maximum atomic E-state index is 2.38. The van der Waals surface area contributed by atoms with Crippen LogP contribution in [0, 0.1) is 27.7 Å². The van der Waals surface area contributed by atoms with E-state index in [9.17, 15) is 0 Å². The Morgan fingerprint density at radius 2 is 1.11 bits per heavy atom. The molecular formula is C24H27Cl3Ti. The SMILES string of the molecule is CCc1cc[c-](C(c2cc(C)cc(C)c2)c2cc(C)cc(C)c2)c1.[Cl-].[Cl-].[Cl-].[Ti+4]. The topological polar surface area (TPSA) is 0 Å². The molecule has 0 aliphatic rings. The van der Waals surface area contributed by atoms with Gasteiger partial charge in [-0.05, 0) is 44.7 Å². The summed E-state index contributed by atoms with van der Waals surface area (Å²) in [5, 5.41) is 0. The van der Waals surface area contributed by atoms with E-state index < -0.39 is 0 Å². The Bertz CT molecular complexity index is 776. The van der Waals surface area contributed by atoms with Crippen molar-refractivity contribution in [2.75, 3.05) is 0 Å². The van der Waals surface area contributed by atoms with E-state index in [1.165, 1.54) is 44.5 Å². The summed E-state index contributed by atoms with van der Waals surface area (Å²) in [6.45, 7) is 11.0. The Balaban J connectivity index is 0. The van der Waals surface area contributed by atoms with Crippen LogP contribution in [-0.2, 0) is 28.1 Å². The molecule has 0 unspecified atom stereocenters. The summed E-state index contributed by atoms with van der Waals surface area (Å²) < 4.78 is 0. The first-order chi connectivity index (χ1) is 11.5. The van der Waals surface area contributed by atoms with E-state index in [0.717, 1.165) is 6.42 Å².